The van der Waals surface area contributed by atoms with Crippen LogP contribution in [0, 0.1) is 0 Å². The molecule has 1 heterocycles. The molecule has 6 heteroatoms. The van der Waals surface area contributed by atoms with E-state index in [0.29, 0.717) is 19.6 Å². The first-order valence-electron chi connectivity index (χ1n) is 7.74. The first-order chi connectivity index (χ1) is 11.3. The standard InChI is InChI=1S/C18H20N2O2S.ClH/c21-18(12-14-13-22-11-10-19-14)20-16-8-4-5-9-17(16)23-15-6-2-1-3-7-15;/h1-9,14,19H,10-13H2,(H,20,21);1H. The molecular formula is C18H21ClN2O2S. The summed E-state index contributed by atoms with van der Waals surface area (Å²) in [6, 6.07) is 18.1. The van der Waals surface area contributed by atoms with Gasteiger partial charge in [-0.25, -0.2) is 0 Å². The van der Waals surface area contributed by atoms with Gasteiger partial charge < -0.3 is 15.4 Å². The van der Waals surface area contributed by atoms with E-state index in [0.717, 1.165) is 22.0 Å². The predicted octanol–water partition coefficient (Wildman–Crippen LogP) is 3.58. The van der Waals surface area contributed by atoms with Gasteiger partial charge in [-0.2, -0.15) is 0 Å². The van der Waals surface area contributed by atoms with Gasteiger partial charge in [-0.3, -0.25) is 4.79 Å². The predicted molar refractivity (Wildman–Crippen MR) is 100 cm³/mol. The van der Waals surface area contributed by atoms with Crippen LogP contribution in [0.4, 0.5) is 5.69 Å². The highest BCUT2D eigenvalue weighted by Gasteiger charge is 2.17. The molecule has 0 spiro atoms. The second-order valence-corrected chi connectivity index (χ2v) is 6.50. The van der Waals surface area contributed by atoms with E-state index >= 15 is 0 Å². The Hall–Kier alpha value is -1.53. The van der Waals surface area contributed by atoms with Crippen LogP contribution in [0.1, 0.15) is 6.42 Å². The third-order valence-electron chi connectivity index (χ3n) is 3.56. The molecule has 1 aliphatic rings. The first-order valence-corrected chi connectivity index (χ1v) is 8.56. The highest BCUT2D eigenvalue weighted by molar-refractivity contribution is 7.99. The Bertz CT molecular complexity index is 648. The number of para-hydroxylation sites is 1. The van der Waals surface area contributed by atoms with Gasteiger partial charge in [0, 0.05) is 28.8 Å². The van der Waals surface area contributed by atoms with Crippen LogP contribution in [-0.4, -0.2) is 31.7 Å². The smallest absolute Gasteiger partial charge is 0.226 e. The van der Waals surface area contributed by atoms with Crippen molar-refractivity contribution in [2.24, 2.45) is 0 Å². The van der Waals surface area contributed by atoms with Crippen molar-refractivity contribution in [3.05, 3.63) is 54.6 Å². The third kappa shape index (κ3) is 5.53. The molecule has 0 saturated carbocycles. The third-order valence-corrected chi connectivity index (χ3v) is 4.65. The summed E-state index contributed by atoms with van der Waals surface area (Å²) in [7, 11) is 0. The van der Waals surface area contributed by atoms with Crippen molar-refractivity contribution >= 4 is 35.8 Å². The lowest BCUT2D eigenvalue weighted by molar-refractivity contribution is -0.117. The number of carbonyl (C=O) groups excluding carboxylic acids is 1. The molecule has 1 unspecified atom stereocenters. The van der Waals surface area contributed by atoms with Gasteiger partial charge in [0.2, 0.25) is 5.91 Å². The monoisotopic (exact) mass is 364 g/mol. The highest BCUT2D eigenvalue weighted by Crippen LogP contribution is 2.33. The molecule has 128 valence electrons. The number of hydrogen-bond acceptors (Lipinski definition) is 4. The minimum atomic E-state index is 0. The first kappa shape index (κ1) is 18.8. The molecule has 3 rings (SSSR count). The topological polar surface area (TPSA) is 50.4 Å². The van der Waals surface area contributed by atoms with Crippen molar-refractivity contribution in [3.8, 4) is 0 Å². The van der Waals surface area contributed by atoms with E-state index in [-0.39, 0.29) is 24.4 Å². The summed E-state index contributed by atoms with van der Waals surface area (Å²) in [6.45, 7) is 2.11. The van der Waals surface area contributed by atoms with Gasteiger partial charge in [-0.05, 0) is 24.3 Å². The number of halogens is 1. The van der Waals surface area contributed by atoms with Crippen molar-refractivity contribution in [3.63, 3.8) is 0 Å². The molecule has 2 N–H and O–H groups in total. The Labute approximate surface area is 152 Å². The van der Waals surface area contributed by atoms with Gasteiger partial charge in [0.15, 0.2) is 0 Å². The summed E-state index contributed by atoms with van der Waals surface area (Å²) in [5, 5.41) is 6.32. The SMILES string of the molecule is Cl.O=C(CC1COCCN1)Nc1ccccc1Sc1ccccc1. The maximum Gasteiger partial charge on any atom is 0.226 e. The largest absolute Gasteiger partial charge is 0.378 e. The fourth-order valence-electron chi connectivity index (χ4n) is 2.45. The Morgan fingerprint density at radius 1 is 1.17 bits per heavy atom. The van der Waals surface area contributed by atoms with Crippen molar-refractivity contribution in [2.75, 3.05) is 25.1 Å². The average Bonchev–Trinajstić information content (AvgIpc) is 2.58. The fourth-order valence-corrected chi connectivity index (χ4v) is 3.37. The van der Waals surface area contributed by atoms with Gasteiger partial charge in [0.05, 0.1) is 18.9 Å². The fraction of sp³-hybridized carbons (Fsp3) is 0.278. The van der Waals surface area contributed by atoms with Crippen LogP contribution in [0.5, 0.6) is 0 Å². The summed E-state index contributed by atoms with van der Waals surface area (Å²) >= 11 is 1.65. The number of anilines is 1. The summed E-state index contributed by atoms with van der Waals surface area (Å²) in [6.07, 6.45) is 0.421. The zero-order valence-corrected chi connectivity index (χ0v) is 14.9. The minimum absolute atomic E-state index is 0. The maximum absolute atomic E-state index is 12.3. The second-order valence-electron chi connectivity index (χ2n) is 5.39. The lowest BCUT2D eigenvalue weighted by Crippen LogP contribution is -2.43. The lowest BCUT2D eigenvalue weighted by atomic mass is 10.2. The molecule has 2 aromatic rings. The quantitative estimate of drug-likeness (QED) is 0.851. The van der Waals surface area contributed by atoms with Crippen LogP contribution >= 0.6 is 24.2 Å². The Kier molecular flexibility index (Phi) is 7.59. The molecular weight excluding hydrogens is 344 g/mol. The molecule has 0 bridgehead atoms. The lowest BCUT2D eigenvalue weighted by Gasteiger charge is -2.23. The van der Waals surface area contributed by atoms with E-state index in [1.165, 1.54) is 0 Å². The van der Waals surface area contributed by atoms with Gasteiger partial charge in [-0.1, -0.05) is 42.1 Å². The van der Waals surface area contributed by atoms with Gasteiger partial charge in [0.25, 0.3) is 0 Å². The van der Waals surface area contributed by atoms with Crippen LogP contribution in [0.3, 0.4) is 0 Å². The summed E-state index contributed by atoms with van der Waals surface area (Å²) < 4.78 is 5.39. The van der Waals surface area contributed by atoms with Crippen molar-refractivity contribution in [1.82, 2.24) is 5.32 Å². The number of amides is 1. The van der Waals surface area contributed by atoms with Gasteiger partial charge in [-0.15, -0.1) is 12.4 Å². The van der Waals surface area contributed by atoms with Gasteiger partial charge in [0.1, 0.15) is 0 Å². The molecule has 1 aliphatic heterocycles. The molecule has 0 aromatic heterocycles. The zero-order valence-electron chi connectivity index (χ0n) is 13.2. The van der Waals surface area contributed by atoms with Crippen LogP contribution < -0.4 is 10.6 Å². The molecule has 4 nitrogen and oxygen atoms in total. The summed E-state index contributed by atoms with van der Waals surface area (Å²) in [5.41, 5.74) is 0.850. The van der Waals surface area contributed by atoms with Gasteiger partial charge >= 0.3 is 0 Å². The van der Waals surface area contributed by atoms with E-state index in [1.54, 1.807) is 11.8 Å². The van der Waals surface area contributed by atoms with Crippen LogP contribution in [0.2, 0.25) is 0 Å². The van der Waals surface area contributed by atoms with E-state index in [2.05, 4.69) is 22.8 Å². The average molecular weight is 365 g/mol. The van der Waals surface area contributed by atoms with Crippen molar-refractivity contribution < 1.29 is 9.53 Å². The van der Waals surface area contributed by atoms with Crippen LogP contribution in [0.15, 0.2) is 64.4 Å². The number of hydrogen-bond donors (Lipinski definition) is 2. The van der Waals surface area contributed by atoms with Crippen molar-refractivity contribution in [2.45, 2.75) is 22.3 Å². The molecule has 2 aromatic carbocycles. The molecule has 0 radical (unpaired) electrons. The normalized spacial score (nSPS) is 16.9. The number of rotatable bonds is 5. The molecule has 1 saturated heterocycles. The highest BCUT2D eigenvalue weighted by atomic mass is 35.5. The summed E-state index contributed by atoms with van der Waals surface area (Å²) in [4.78, 5) is 14.5. The Morgan fingerprint density at radius 2 is 1.92 bits per heavy atom. The number of carbonyl (C=O) groups is 1. The number of benzene rings is 2. The second kappa shape index (κ2) is 9.69. The maximum atomic E-state index is 12.3. The molecule has 24 heavy (non-hydrogen) atoms. The molecule has 1 amide bonds. The Morgan fingerprint density at radius 3 is 2.67 bits per heavy atom. The van der Waals surface area contributed by atoms with E-state index in [1.807, 2.05) is 42.5 Å². The van der Waals surface area contributed by atoms with E-state index in [9.17, 15) is 4.79 Å². The van der Waals surface area contributed by atoms with E-state index in [4.69, 9.17) is 4.74 Å². The number of ether oxygens (including phenoxy) is 1. The zero-order chi connectivity index (χ0) is 15.9. The molecule has 1 fully saturated rings. The molecule has 1 atom stereocenters. The van der Waals surface area contributed by atoms with Crippen LogP contribution in [0.25, 0.3) is 0 Å². The number of morpholine rings is 1. The van der Waals surface area contributed by atoms with Crippen molar-refractivity contribution in [1.29, 1.82) is 0 Å². The number of nitrogens with one attached hydrogen (secondary N) is 2. The minimum Gasteiger partial charge on any atom is -0.378 e. The Balaban J connectivity index is 0.00000208. The van der Waals surface area contributed by atoms with E-state index < -0.39 is 0 Å². The molecule has 0 aliphatic carbocycles. The summed E-state index contributed by atoms with van der Waals surface area (Å²) in [5.74, 6) is 0.00844. The van der Waals surface area contributed by atoms with Crippen LogP contribution in [-0.2, 0) is 9.53 Å².